The van der Waals surface area contributed by atoms with Gasteiger partial charge in [0.15, 0.2) is 15.5 Å². The van der Waals surface area contributed by atoms with Crippen LogP contribution in [0.4, 0.5) is 13.2 Å². The fourth-order valence-corrected chi connectivity index (χ4v) is 7.28. The first kappa shape index (κ1) is 49.0. The van der Waals surface area contributed by atoms with E-state index in [2.05, 4.69) is 65.9 Å². The third-order valence-electron chi connectivity index (χ3n) is 9.38. The van der Waals surface area contributed by atoms with E-state index in [1.54, 1.807) is 82.6 Å². The van der Waals surface area contributed by atoms with Gasteiger partial charge in [-0.2, -0.15) is 15.4 Å². The summed E-state index contributed by atoms with van der Waals surface area (Å²) in [5.74, 6) is -0.880. The molecule has 0 aliphatic heterocycles. The Bertz CT molecular complexity index is 3010. The number of H-pyrrole nitrogens is 1. The van der Waals surface area contributed by atoms with Gasteiger partial charge in [0.2, 0.25) is 0 Å². The van der Waals surface area contributed by atoms with Gasteiger partial charge in [0.25, 0.3) is 0 Å². The third-order valence-corrected chi connectivity index (χ3v) is 11.1. The SMILES string of the molecule is CCOCn1nnc(-c2ccc(F)cc2)c1-c1ccnc(SC)n1.CCOCn1nnc(-c2ccnc(SC)n2)c1-c1ccc(F)cc1.CSc1nccc(-c2n[nH]nc2-c2ccc(F)cc2)n1. The maximum Gasteiger partial charge on any atom is 0.187 e. The quantitative estimate of drug-likeness (QED) is 0.0752. The van der Waals surface area contributed by atoms with Gasteiger partial charge in [0, 0.05) is 48.5 Å². The third kappa shape index (κ3) is 12.3. The molecule has 1 N–H and O–H groups in total. The lowest BCUT2D eigenvalue weighted by molar-refractivity contribution is 0.0789. The van der Waals surface area contributed by atoms with Crippen LogP contribution in [-0.2, 0) is 22.9 Å². The van der Waals surface area contributed by atoms with Crippen molar-refractivity contribution in [3.63, 3.8) is 0 Å². The number of hydrogen-bond donors (Lipinski definition) is 1. The number of aromatic nitrogens is 15. The average molecular weight is 978 g/mol. The molecule has 9 rings (SSSR count). The van der Waals surface area contributed by atoms with E-state index < -0.39 is 0 Å². The van der Waals surface area contributed by atoms with Crippen molar-refractivity contribution in [1.82, 2.24) is 75.3 Å². The molecule has 9 aromatic rings. The van der Waals surface area contributed by atoms with E-state index >= 15 is 0 Å². The number of rotatable bonds is 15. The Morgan fingerprint density at radius 1 is 0.471 bits per heavy atom. The van der Waals surface area contributed by atoms with Crippen molar-refractivity contribution >= 4 is 35.3 Å². The number of halogens is 3. The number of aromatic amines is 1. The van der Waals surface area contributed by atoms with E-state index in [1.165, 1.54) is 71.7 Å². The fourth-order valence-electron chi connectivity index (χ4n) is 6.22. The van der Waals surface area contributed by atoms with Crippen LogP contribution in [0.5, 0.6) is 0 Å². The fraction of sp³-hybridized carbons (Fsp3) is 0.200. The number of hydrogen-bond acceptors (Lipinski definition) is 17. The van der Waals surface area contributed by atoms with Crippen molar-refractivity contribution in [3.8, 4) is 67.9 Å². The molecule has 6 heterocycles. The summed E-state index contributed by atoms with van der Waals surface area (Å²) >= 11 is 4.36. The first-order valence-corrected chi connectivity index (χ1v) is 24.2. The Hall–Kier alpha value is -6.92. The molecular formula is C45H42F3N15O2S3. The van der Waals surface area contributed by atoms with Crippen LogP contribution in [0.15, 0.2) is 125 Å². The van der Waals surface area contributed by atoms with Gasteiger partial charge in [-0.1, -0.05) is 45.7 Å². The smallest absolute Gasteiger partial charge is 0.187 e. The second kappa shape index (κ2) is 24.2. The van der Waals surface area contributed by atoms with Gasteiger partial charge >= 0.3 is 0 Å². The molecule has 68 heavy (non-hydrogen) atoms. The van der Waals surface area contributed by atoms with E-state index in [1.807, 2.05) is 32.6 Å². The molecule has 348 valence electrons. The highest BCUT2D eigenvalue weighted by atomic mass is 32.2. The summed E-state index contributed by atoms with van der Waals surface area (Å²) in [6, 6.07) is 23.8. The molecular weight excluding hydrogens is 936 g/mol. The molecule has 0 amide bonds. The number of nitrogens with zero attached hydrogens (tertiary/aromatic N) is 14. The van der Waals surface area contributed by atoms with Crippen molar-refractivity contribution in [2.45, 2.75) is 42.8 Å². The van der Waals surface area contributed by atoms with Gasteiger partial charge in [0.05, 0.1) is 17.1 Å². The van der Waals surface area contributed by atoms with Gasteiger partial charge in [-0.15, -0.1) is 10.2 Å². The first-order chi connectivity index (χ1) is 33.2. The minimum absolute atomic E-state index is 0.261. The Morgan fingerprint density at radius 2 is 0.868 bits per heavy atom. The van der Waals surface area contributed by atoms with Crippen molar-refractivity contribution in [3.05, 3.63) is 127 Å². The van der Waals surface area contributed by atoms with Crippen LogP contribution in [0.1, 0.15) is 13.8 Å². The maximum atomic E-state index is 13.3. The molecule has 0 saturated carbocycles. The molecule has 6 aromatic heterocycles. The Balaban J connectivity index is 0.000000152. The Morgan fingerprint density at radius 3 is 1.35 bits per heavy atom. The molecule has 0 atom stereocenters. The van der Waals surface area contributed by atoms with Crippen LogP contribution in [0, 0.1) is 17.5 Å². The van der Waals surface area contributed by atoms with Crippen LogP contribution in [0.3, 0.4) is 0 Å². The lowest BCUT2D eigenvalue weighted by Crippen LogP contribution is -2.07. The van der Waals surface area contributed by atoms with Crippen LogP contribution in [0.2, 0.25) is 0 Å². The maximum absolute atomic E-state index is 13.3. The number of benzene rings is 3. The largest absolute Gasteiger partial charge is 0.359 e. The summed E-state index contributed by atoms with van der Waals surface area (Å²) in [7, 11) is 0. The Labute approximate surface area is 401 Å². The molecule has 0 aliphatic rings. The van der Waals surface area contributed by atoms with Crippen LogP contribution < -0.4 is 0 Å². The number of ether oxygens (including phenoxy) is 2. The number of thioether (sulfide) groups is 3. The molecule has 0 aliphatic carbocycles. The molecule has 17 nitrogen and oxygen atoms in total. The lowest BCUT2D eigenvalue weighted by atomic mass is 10.1. The van der Waals surface area contributed by atoms with Gasteiger partial charge in [0.1, 0.15) is 65.1 Å². The molecule has 0 saturated heterocycles. The zero-order chi connectivity index (χ0) is 47.8. The summed E-state index contributed by atoms with van der Waals surface area (Å²) in [6.45, 7) is 5.46. The molecule has 0 radical (unpaired) electrons. The molecule has 0 spiro atoms. The minimum Gasteiger partial charge on any atom is -0.359 e. The summed E-state index contributed by atoms with van der Waals surface area (Å²) in [5, 5.41) is 29.6. The Kier molecular flexibility index (Phi) is 17.4. The molecule has 23 heteroatoms. The topological polar surface area (TPSA) is 199 Å². The van der Waals surface area contributed by atoms with Crippen molar-refractivity contribution in [2.75, 3.05) is 32.0 Å². The van der Waals surface area contributed by atoms with Gasteiger partial charge < -0.3 is 9.47 Å². The molecule has 0 bridgehead atoms. The van der Waals surface area contributed by atoms with E-state index in [4.69, 9.17) is 9.47 Å². The highest BCUT2D eigenvalue weighted by Gasteiger charge is 2.21. The van der Waals surface area contributed by atoms with Gasteiger partial charge in [-0.05, 0) is 124 Å². The zero-order valence-electron chi connectivity index (χ0n) is 37.2. The monoisotopic (exact) mass is 977 g/mol. The van der Waals surface area contributed by atoms with E-state index in [0.717, 1.165) is 22.4 Å². The summed E-state index contributed by atoms with van der Waals surface area (Å²) < 4.78 is 53.7. The average Bonchev–Trinajstić information content (AvgIpc) is 4.16. The van der Waals surface area contributed by atoms with Gasteiger partial charge in [-0.25, -0.2) is 52.4 Å². The summed E-state index contributed by atoms with van der Waals surface area (Å²) in [6.07, 6.45) is 10.8. The molecule has 0 unspecified atom stereocenters. The van der Waals surface area contributed by atoms with Crippen LogP contribution in [0.25, 0.3) is 67.9 Å². The second-order valence-corrected chi connectivity index (χ2v) is 16.0. The molecule has 0 fully saturated rings. The minimum atomic E-state index is -0.297. The van der Waals surface area contributed by atoms with E-state index in [0.29, 0.717) is 74.2 Å². The van der Waals surface area contributed by atoms with Crippen LogP contribution in [-0.4, -0.2) is 107 Å². The normalized spacial score (nSPS) is 10.9. The highest BCUT2D eigenvalue weighted by molar-refractivity contribution is 7.98. The van der Waals surface area contributed by atoms with Crippen molar-refractivity contribution < 1.29 is 22.6 Å². The summed E-state index contributed by atoms with van der Waals surface area (Å²) in [5.41, 5.74) is 8.30. The van der Waals surface area contributed by atoms with Gasteiger partial charge in [-0.3, -0.25) is 0 Å². The highest BCUT2D eigenvalue weighted by Crippen LogP contribution is 2.32. The first-order valence-electron chi connectivity index (χ1n) is 20.6. The molecule has 3 aromatic carbocycles. The zero-order valence-corrected chi connectivity index (χ0v) is 39.6. The second-order valence-electron chi connectivity index (χ2n) is 13.6. The summed E-state index contributed by atoms with van der Waals surface area (Å²) in [4.78, 5) is 25.9. The van der Waals surface area contributed by atoms with Crippen molar-refractivity contribution in [1.29, 1.82) is 0 Å². The van der Waals surface area contributed by atoms with Crippen LogP contribution >= 0.6 is 35.3 Å². The van der Waals surface area contributed by atoms with Crippen molar-refractivity contribution in [2.24, 2.45) is 0 Å². The van der Waals surface area contributed by atoms with E-state index in [-0.39, 0.29) is 30.9 Å². The van der Waals surface area contributed by atoms with E-state index in [9.17, 15) is 13.2 Å². The predicted molar refractivity (Wildman–Crippen MR) is 254 cm³/mol. The standard InChI is InChI=1S/2C16H16FN5OS.C13H10FN5S/c1-3-23-10-22-15(11-4-6-12(17)7-5-11)14(20-21-22)13-8-9-18-16(19-13)24-2;1-3-23-10-22-15(13-8-9-18-16(19-13)24-2)14(20-21-22)11-4-6-12(17)7-5-11;1-20-13-15-7-6-10(16-13)12-11(17-19-18-12)8-2-4-9(14)5-3-8/h2*4-9H,3,10H2,1-2H3;2-7H,1H3,(H,17,18,19). The predicted octanol–water partition coefficient (Wildman–Crippen LogP) is 9.30. The number of nitrogens with one attached hydrogen (secondary N) is 1. The lowest BCUT2D eigenvalue weighted by Gasteiger charge is -2.08.